The van der Waals surface area contributed by atoms with Gasteiger partial charge in [0.2, 0.25) is 0 Å². The summed E-state index contributed by atoms with van der Waals surface area (Å²) in [6, 6.07) is -0.592. The van der Waals surface area contributed by atoms with Crippen LogP contribution in [-0.2, 0) is 16.0 Å². The van der Waals surface area contributed by atoms with Crippen LogP contribution < -0.4 is 5.73 Å². The number of carbonyl (C=O) groups is 1. The number of imidazole rings is 1. The second kappa shape index (κ2) is 4.44. The first-order chi connectivity index (χ1) is 7.25. The second-order valence-corrected chi connectivity index (χ2v) is 3.88. The van der Waals surface area contributed by atoms with E-state index in [0.29, 0.717) is 6.42 Å². The number of hydrogen-bond donors (Lipinski definition) is 2. The van der Waals surface area contributed by atoms with E-state index >= 15 is 0 Å². The van der Waals surface area contributed by atoms with Gasteiger partial charge in [0.05, 0.1) is 6.33 Å². The molecule has 0 spiro atoms. The SMILES string of the molecule is N[C@H](Cc1cnc[nH]1)C(=O)OC1CCC1. The standard InChI is InChI=1S/C10H15N3O2/c11-9(4-7-5-12-6-13-7)10(14)15-8-2-1-3-8/h5-6,8-9H,1-4,11H2,(H,12,13)/t9-/m1/s1. The van der Waals surface area contributed by atoms with Crippen molar-refractivity contribution in [2.75, 3.05) is 0 Å². The third-order valence-electron chi connectivity index (χ3n) is 2.63. The van der Waals surface area contributed by atoms with Gasteiger partial charge in [-0.2, -0.15) is 0 Å². The molecule has 3 N–H and O–H groups in total. The number of aromatic nitrogens is 2. The van der Waals surface area contributed by atoms with Gasteiger partial charge in [0, 0.05) is 18.3 Å². The minimum Gasteiger partial charge on any atom is -0.461 e. The fourth-order valence-electron chi connectivity index (χ4n) is 1.46. The highest BCUT2D eigenvalue weighted by atomic mass is 16.5. The summed E-state index contributed by atoms with van der Waals surface area (Å²) in [6.07, 6.45) is 6.88. The first-order valence-electron chi connectivity index (χ1n) is 5.19. The number of nitrogens with zero attached hydrogens (tertiary/aromatic N) is 1. The highest BCUT2D eigenvalue weighted by Crippen LogP contribution is 2.22. The first kappa shape index (κ1) is 10.2. The monoisotopic (exact) mass is 209 g/mol. The molecule has 1 fully saturated rings. The van der Waals surface area contributed by atoms with Crippen LogP contribution in [0.3, 0.4) is 0 Å². The van der Waals surface area contributed by atoms with Gasteiger partial charge in [0.1, 0.15) is 12.1 Å². The number of nitrogens with two attached hydrogens (primary N) is 1. The van der Waals surface area contributed by atoms with E-state index < -0.39 is 6.04 Å². The molecule has 1 aromatic rings. The van der Waals surface area contributed by atoms with Crippen LogP contribution in [0.25, 0.3) is 0 Å². The molecule has 82 valence electrons. The van der Waals surface area contributed by atoms with Gasteiger partial charge in [0.15, 0.2) is 0 Å². The molecular formula is C10H15N3O2. The van der Waals surface area contributed by atoms with Gasteiger partial charge in [-0.15, -0.1) is 0 Å². The molecule has 1 heterocycles. The average molecular weight is 209 g/mol. The maximum atomic E-state index is 11.5. The van der Waals surface area contributed by atoms with Crippen molar-refractivity contribution in [1.82, 2.24) is 9.97 Å². The summed E-state index contributed by atoms with van der Waals surface area (Å²) in [5, 5.41) is 0. The molecular weight excluding hydrogens is 194 g/mol. The summed E-state index contributed by atoms with van der Waals surface area (Å²) >= 11 is 0. The molecule has 5 nitrogen and oxygen atoms in total. The summed E-state index contributed by atoms with van der Waals surface area (Å²) in [5.41, 5.74) is 6.57. The zero-order chi connectivity index (χ0) is 10.7. The molecule has 0 saturated heterocycles. The van der Waals surface area contributed by atoms with E-state index in [9.17, 15) is 4.79 Å². The predicted octanol–water partition coefficient (Wildman–Crippen LogP) is 0.375. The highest BCUT2D eigenvalue weighted by Gasteiger charge is 2.25. The lowest BCUT2D eigenvalue weighted by atomic mass is 9.96. The normalized spacial score (nSPS) is 18.2. The Kier molecular flexibility index (Phi) is 3.01. The third kappa shape index (κ3) is 2.56. The topological polar surface area (TPSA) is 81.0 Å². The Balaban J connectivity index is 1.79. The average Bonchev–Trinajstić information content (AvgIpc) is 2.63. The smallest absolute Gasteiger partial charge is 0.323 e. The van der Waals surface area contributed by atoms with Gasteiger partial charge in [-0.05, 0) is 19.3 Å². The molecule has 1 saturated carbocycles. The lowest BCUT2D eigenvalue weighted by molar-refractivity contribution is -0.154. The van der Waals surface area contributed by atoms with Crippen molar-refractivity contribution in [1.29, 1.82) is 0 Å². The zero-order valence-electron chi connectivity index (χ0n) is 8.48. The maximum Gasteiger partial charge on any atom is 0.323 e. The number of aromatic amines is 1. The molecule has 0 amide bonds. The Hall–Kier alpha value is -1.36. The Bertz CT molecular complexity index is 319. The van der Waals surface area contributed by atoms with Crippen LogP contribution in [0.5, 0.6) is 0 Å². The lowest BCUT2D eigenvalue weighted by Crippen LogP contribution is -2.38. The molecule has 0 radical (unpaired) electrons. The van der Waals surface area contributed by atoms with Crippen LogP contribution >= 0.6 is 0 Å². The fraction of sp³-hybridized carbons (Fsp3) is 0.600. The van der Waals surface area contributed by atoms with Gasteiger partial charge in [-0.25, -0.2) is 4.98 Å². The van der Waals surface area contributed by atoms with Crippen LogP contribution in [0.1, 0.15) is 25.0 Å². The summed E-state index contributed by atoms with van der Waals surface area (Å²) in [7, 11) is 0. The molecule has 5 heteroatoms. The minimum atomic E-state index is -0.592. The van der Waals surface area contributed by atoms with E-state index in [1.807, 2.05) is 0 Å². The number of esters is 1. The predicted molar refractivity (Wildman–Crippen MR) is 54.0 cm³/mol. The van der Waals surface area contributed by atoms with Gasteiger partial charge in [-0.3, -0.25) is 4.79 Å². The van der Waals surface area contributed by atoms with Crippen molar-refractivity contribution in [2.45, 2.75) is 37.8 Å². The molecule has 1 aliphatic rings. The van der Waals surface area contributed by atoms with Gasteiger partial charge < -0.3 is 15.5 Å². The van der Waals surface area contributed by atoms with Crippen molar-refractivity contribution in [3.63, 3.8) is 0 Å². The Labute approximate surface area is 88.0 Å². The summed E-state index contributed by atoms with van der Waals surface area (Å²) in [4.78, 5) is 18.3. The van der Waals surface area contributed by atoms with Crippen molar-refractivity contribution < 1.29 is 9.53 Å². The Morgan fingerprint density at radius 3 is 3.07 bits per heavy atom. The van der Waals surface area contributed by atoms with Gasteiger partial charge in [0.25, 0.3) is 0 Å². The molecule has 0 aliphatic heterocycles. The molecule has 0 bridgehead atoms. The van der Waals surface area contributed by atoms with Crippen LogP contribution in [-0.4, -0.2) is 28.1 Å². The maximum absolute atomic E-state index is 11.5. The Morgan fingerprint density at radius 1 is 1.73 bits per heavy atom. The highest BCUT2D eigenvalue weighted by molar-refractivity contribution is 5.76. The molecule has 0 aromatic carbocycles. The molecule has 1 atom stereocenters. The number of carbonyl (C=O) groups excluding carboxylic acids is 1. The van der Waals surface area contributed by atoms with E-state index in [0.717, 1.165) is 25.0 Å². The van der Waals surface area contributed by atoms with Crippen LogP contribution in [0.4, 0.5) is 0 Å². The Morgan fingerprint density at radius 2 is 2.53 bits per heavy atom. The van der Waals surface area contributed by atoms with E-state index in [4.69, 9.17) is 10.5 Å². The van der Waals surface area contributed by atoms with E-state index in [1.165, 1.54) is 0 Å². The third-order valence-corrected chi connectivity index (χ3v) is 2.63. The first-order valence-corrected chi connectivity index (χ1v) is 5.19. The molecule has 2 rings (SSSR count). The van der Waals surface area contributed by atoms with Crippen molar-refractivity contribution in [3.05, 3.63) is 18.2 Å². The summed E-state index contributed by atoms with van der Waals surface area (Å²) < 4.78 is 5.20. The second-order valence-electron chi connectivity index (χ2n) is 3.88. The molecule has 1 aromatic heterocycles. The van der Waals surface area contributed by atoms with Crippen LogP contribution in [0.15, 0.2) is 12.5 Å². The number of nitrogens with one attached hydrogen (secondary N) is 1. The minimum absolute atomic E-state index is 0.102. The number of ether oxygens (including phenoxy) is 1. The fourth-order valence-corrected chi connectivity index (χ4v) is 1.46. The number of H-pyrrole nitrogens is 1. The number of hydrogen-bond acceptors (Lipinski definition) is 4. The number of rotatable bonds is 4. The van der Waals surface area contributed by atoms with E-state index in [1.54, 1.807) is 12.5 Å². The zero-order valence-corrected chi connectivity index (χ0v) is 8.48. The van der Waals surface area contributed by atoms with E-state index in [2.05, 4.69) is 9.97 Å². The van der Waals surface area contributed by atoms with Gasteiger partial charge in [-0.1, -0.05) is 0 Å². The van der Waals surface area contributed by atoms with Crippen molar-refractivity contribution >= 4 is 5.97 Å². The van der Waals surface area contributed by atoms with Gasteiger partial charge >= 0.3 is 5.97 Å². The lowest BCUT2D eigenvalue weighted by Gasteiger charge is -2.26. The van der Waals surface area contributed by atoms with E-state index in [-0.39, 0.29) is 12.1 Å². The summed E-state index contributed by atoms with van der Waals surface area (Å²) in [6.45, 7) is 0. The molecule has 0 unspecified atom stereocenters. The van der Waals surface area contributed by atoms with Crippen molar-refractivity contribution in [3.8, 4) is 0 Å². The van der Waals surface area contributed by atoms with Crippen molar-refractivity contribution in [2.24, 2.45) is 5.73 Å². The molecule has 15 heavy (non-hydrogen) atoms. The quantitative estimate of drug-likeness (QED) is 0.702. The molecule has 1 aliphatic carbocycles. The summed E-state index contributed by atoms with van der Waals surface area (Å²) in [5.74, 6) is -0.311. The largest absolute Gasteiger partial charge is 0.461 e. The van der Waals surface area contributed by atoms with Crippen LogP contribution in [0.2, 0.25) is 0 Å². The van der Waals surface area contributed by atoms with Crippen LogP contribution in [0, 0.1) is 0 Å².